The van der Waals surface area contributed by atoms with Crippen LogP contribution in [0.15, 0.2) is 53.4 Å². The molecule has 3 N–H and O–H groups in total. The smallest absolute Gasteiger partial charge is 0.276 e. The lowest BCUT2D eigenvalue weighted by Crippen LogP contribution is -2.38. The first-order chi connectivity index (χ1) is 20.4. The first-order valence-electron chi connectivity index (χ1n) is 14.4. The van der Waals surface area contributed by atoms with Gasteiger partial charge in [0.25, 0.3) is 5.91 Å². The first kappa shape index (κ1) is 27.4. The second-order valence-electron chi connectivity index (χ2n) is 11.1. The molecular weight excluding hydrogens is 532 g/mol. The van der Waals surface area contributed by atoms with Gasteiger partial charge in [-0.3, -0.25) is 14.6 Å². The monoisotopic (exact) mass is 566 g/mol. The van der Waals surface area contributed by atoms with E-state index in [-0.39, 0.29) is 11.8 Å². The number of aromatic nitrogens is 4. The molecule has 1 aromatic carbocycles. The van der Waals surface area contributed by atoms with Crippen molar-refractivity contribution in [2.45, 2.75) is 52.4 Å². The molecule has 6 bridgehead atoms. The molecular formula is C31H34N8O3. The Labute approximate surface area is 244 Å². The van der Waals surface area contributed by atoms with Crippen molar-refractivity contribution >= 4 is 40.6 Å². The van der Waals surface area contributed by atoms with E-state index in [1.54, 1.807) is 25.4 Å². The predicted octanol–water partition coefficient (Wildman–Crippen LogP) is 5.33. The minimum absolute atomic E-state index is 0.00407. The summed E-state index contributed by atoms with van der Waals surface area (Å²) in [5.41, 5.74) is 5.91. The Morgan fingerprint density at radius 1 is 1.02 bits per heavy atom. The summed E-state index contributed by atoms with van der Waals surface area (Å²) in [5.74, 6) is 2.13. The fraction of sp³-hybridized carbons (Fsp3) is 0.355. The highest BCUT2D eigenvalue weighted by molar-refractivity contribution is 5.92. The van der Waals surface area contributed by atoms with Gasteiger partial charge < -0.3 is 25.4 Å². The maximum Gasteiger partial charge on any atom is 0.276 e. The van der Waals surface area contributed by atoms with E-state index in [0.29, 0.717) is 48.6 Å². The Balaban J connectivity index is 1.10. The number of carbonyl (C=O) groups excluding carboxylic acids is 2. The van der Waals surface area contributed by atoms with Crippen LogP contribution in [0.5, 0.6) is 0 Å². The molecule has 11 heteroatoms. The number of pyridine rings is 1. The maximum absolute atomic E-state index is 13.1. The van der Waals surface area contributed by atoms with E-state index in [0.717, 1.165) is 65.9 Å². The second-order valence-corrected chi connectivity index (χ2v) is 11.1. The van der Waals surface area contributed by atoms with E-state index in [9.17, 15) is 9.59 Å². The zero-order chi connectivity index (χ0) is 29.1. The Hall–Kier alpha value is -4.80. The molecule has 0 unspecified atom stereocenters. The average Bonchev–Trinajstić information content (AvgIpc) is 3.43. The van der Waals surface area contributed by atoms with Crippen molar-refractivity contribution in [1.29, 1.82) is 0 Å². The fourth-order valence-electron chi connectivity index (χ4n) is 5.47. The van der Waals surface area contributed by atoms with Gasteiger partial charge in [-0.1, -0.05) is 5.16 Å². The number of nitrogens with zero attached hydrogens (tertiary/aromatic N) is 5. The summed E-state index contributed by atoms with van der Waals surface area (Å²) in [6, 6.07) is 9.70. The van der Waals surface area contributed by atoms with Gasteiger partial charge in [0.05, 0.1) is 11.9 Å². The zero-order valence-corrected chi connectivity index (χ0v) is 23.8. The standard InChI is InChI=1S/C31H34N8O3/c1-19-16-33-31-35-25-14-22(17-32-18-25)3-5-23-15-24(34-29(19)37-31)6-7-26(23)36-28(40)8-4-21-9-11-39(12-10-21)30(41)27-13-20(2)42-38-27/h6-7,13-18,21H,3-5,8-12H2,1-2H3,(H,36,40)(H2,33,34,35,37). The number of hydrogen-bond donors (Lipinski definition) is 3. The van der Waals surface area contributed by atoms with E-state index in [4.69, 9.17) is 4.52 Å². The lowest BCUT2D eigenvalue weighted by molar-refractivity contribution is -0.116. The van der Waals surface area contributed by atoms with Crippen LogP contribution in [0.1, 0.15) is 58.6 Å². The molecule has 0 spiro atoms. The summed E-state index contributed by atoms with van der Waals surface area (Å²) >= 11 is 0. The number of piperidine rings is 1. The third-order valence-corrected chi connectivity index (χ3v) is 7.88. The van der Waals surface area contributed by atoms with Gasteiger partial charge in [0.15, 0.2) is 5.69 Å². The number of likely N-dealkylation sites (tertiary alicyclic amines) is 1. The van der Waals surface area contributed by atoms with E-state index >= 15 is 0 Å². The normalized spacial score (nSPS) is 15.0. The topological polar surface area (TPSA) is 138 Å². The minimum Gasteiger partial charge on any atom is -0.361 e. The van der Waals surface area contributed by atoms with Gasteiger partial charge in [-0.15, -0.1) is 0 Å². The quantitative estimate of drug-likeness (QED) is 0.292. The molecule has 0 aliphatic carbocycles. The second kappa shape index (κ2) is 12.0. The van der Waals surface area contributed by atoms with Crippen molar-refractivity contribution in [2.75, 3.05) is 29.0 Å². The van der Waals surface area contributed by atoms with Gasteiger partial charge >= 0.3 is 0 Å². The number of carbonyl (C=O) groups is 2. The Kier molecular flexibility index (Phi) is 7.81. The molecule has 0 atom stereocenters. The lowest BCUT2D eigenvalue weighted by Gasteiger charge is -2.31. The van der Waals surface area contributed by atoms with Crippen LogP contribution in [0, 0.1) is 19.8 Å². The molecule has 2 aliphatic heterocycles. The third-order valence-electron chi connectivity index (χ3n) is 7.88. The molecule has 6 rings (SSSR count). The van der Waals surface area contributed by atoms with Crippen LogP contribution in [0.25, 0.3) is 0 Å². The van der Waals surface area contributed by atoms with Gasteiger partial charge in [-0.2, -0.15) is 4.98 Å². The molecule has 42 heavy (non-hydrogen) atoms. The molecule has 3 aromatic heterocycles. The van der Waals surface area contributed by atoms with Crippen molar-refractivity contribution in [3.63, 3.8) is 0 Å². The Bertz CT molecular complexity index is 1610. The number of aryl methyl sites for hydroxylation is 4. The van der Waals surface area contributed by atoms with Gasteiger partial charge in [0.2, 0.25) is 11.9 Å². The number of fused-ring (bicyclic) bond motifs is 6. The molecule has 0 saturated carbocycles. The molecule has 5 heterocycles. The van der Waals surface area contributed by atoms with Crippen LogP contribution in [-0.2, 0) is 17.6 Å². The van der Waals surface area contributed by atoms with E-state index < -0.39 is 0 Å². The number of nitrogens with one attached hydrogen (secondary N) is 3. The van der Waals surface area contributed by atoms with Gasteiger partial charge in [0.1, 0.15) is 11.6 Å². The average molecular weight is 567 g/mol. The highest BCUT2D eigenvalue weighted by atomic mass is 16.5. The molecule has 1 saturated heterocycles. The largest absolute Gasteiger partial charge is 0.361 e. The Morgan fingerprint density at radius 2 is 1.88 bits per heavy atom. The Morgan fingerprint density at radius 3 is 2.69 bits per heavy atom. The van der Waals surface area contributed by atoms with Gasteiger partial charge in [-0.25, -0.2) is 4.98 Å². The van der Waals surface area contributed by atoms with Gasteiger partial charge in [0, 0.05) is 54.9 Å². The zero-order valence-electron chi connectivity index (χ0n) is 23.8. The van der Waals surface area contributed by atoms with E-state index in [2.05, 4.69) is 48.2 Å². The van der Waals surface area contributed by atoms with Crippen molar-refractivity contribution in [2.24, 2.45) is 5.92 Å². The fourth-order valence-corrected chi connectivity index (χ4v) is 5.47. The number of rotatable bonds is 5. The summed E-state index contributed by atoms with van der Waals surface area (Å²) in [4.78, 5) is 41.0. The van der Waals surface area contributed by atoms with Crippen LogP contribution >= 0.6 is 0 Å². The van der Waals surface area contributed by atoms with Crippen molar-refractivity contribution in [1.82, 2.24) is 25.0 Å². The molecule has 11 nitrogen and oxygen atoms in total. The van der Waals surface area contributed by atoms with Crippen LogP contribution in [0.2, 0.25) is 0 Å². The number of benzene rings is 1. The number of amides is 2. The number of anilines is 5. The van der Waals surface area contributed by atoms with Crippen LogP contribution in [-0.4, -0.2) is 49.9 Å². The van der Waals surface area contributed by atoms with Crippen molar-refractivity contribution in [3.8, 4) is 0 Å². The maximum atomic E-state index is 13.1. The summed E-state index contributed by atoms with van der Waals surface area (Å²) in [5, 5.41) is 13.7. The van der Waals surface area contributed by atoms with Crippen LogP contribution in [0.4, 0.5) is 28.8 Å². The highest BCUT2D eigenvalue weighted by Gasteiger charge is 2.26. The summed E-state index contributed by atoms with van der Waals surface area (Å²) in [7, 11) is 0. The predicted molar refractivity (Wildman–Crippen MR) is 159 cm³/mol. The molecule has 2 amide bonds. The molecule has 1 fully saturated rings. The lowest BCUT2D eigenvalue weighted by atomic mass is 9.92. The summed E-state index contributed by atoms with van der Waals surface area (Å²) < 4.78 is 5.05. The molecule has 4 aromatic rings. The van der Waals surface area contributed by atoms with E-state index in [1.807, 2.05) is 30.2 Å². The minimum atomic E-state index is -0.0933. The first-order valence-corrected chi connectivity index (χ1v) is 14.4. The molecule has 216 valence electrons. The number of hydrogen-bond acceptors (Lipinski definition) is 9. The molecule has 0 radical (unpaired) electrons. The summed E-state index contributed by atoms with van der Waals surface area (Å²) in [6.07, 6.45) is 9.84. The molecule has 2 aliphatic rings. The van der Waals surface area contributed by atoms with Crippen LogP contribution < -0.4 is 16.0 Å². The van der Waals surface area contributed by atoms with Gasteiger partial charge in [-0.05, 0) is 87.3 Å². The highest BCUT2D eigenvalue weighted by Crippen LogP contribution is 2.28. The summed E-state index contributed by atoms with van der Waals surface area (Å²) in [6.45, 7) is 5.06. The van der Waals surface area contributed by atoms with E-state index in [1.165, 1.54) is 0 Å². The van der Waals surface area contributed by atoms with Crippen molar-refractivity contribution < 1.29 is 14.1 Å². The van der Waals surface area contributed by atoms with Crippen LogP contribution in [0.3, 0.4) is 0 Å². The SMILES string of the molecule is Cc1cc(C(=O)N2CCC(CCC(=O)Nc3ccc4cc3CCc3cncc(c3)Nc3ncc(C)c(n3)N4)CC2)no1. The third kappa shape index (κ3) is 6.40. The van der Waals surface area contributed by atoms with Crippen molar-refractivity contribution in [3.05, 3.63) is 77.1 Å².